The smallest absolute Gasteiger partial charge is 0.243 e. The summed E-state index contributed by atoms with van der Waals surface area (Å²) in [5.41, 5.74) is 3.29. The van der Waals surface area contributed by atoms with E-state index in [1.165, 1.54) is 10.6 Å². The molecule has 0 spiro atoms. The lowest BCUT2D eigenvalue weighted by Crippen LogP contribution is -2.51. The van der Waals surface area contributed by atoms with E-state index in [1.807, 2.05) is 87.5 Å². The number of hydrogen-bond donors (Lipinski definition) is 1. The second kappa shape index (κ2) is 15.2. The van der Waals surface area contributed by atoms with Crippen LogP contribution in [-0.2, 0) is 32.6 Å². The largest absolute Gasteiger partial charge is 0.354 e. The van der Waals surface area contributed by atoms with Crippen LogP contribution < -0.4 is 9.62 Å². The molecule has 0 fully saturated rings. The highest BCUT2D eigenvalue weighted by Crippen LogP contribution is 2.23. The first kappa shape index (κ1) is 32.3. The van der Waals surface area contributed by atoms with Crippen LogP contribution in [0.5, 0.6) is 0 Å². The standard InChI is InChI=1S/C32H40BrN3O4S/c1-24(2)22-34-32(38)30(21-26-12-6-5-7-13-26)35(23-27-16-18-28(33)19-17-27)31(37)15-10-20-36(41(4,39)40)29-14-9-8-11-25(29)3/h5-9,11-14,16-19,24,30H,10,15,20-23H2,1-4H3,(H,34,38)/t30-/m1/s1. The minimum Gasteiger partial charge on any atom is -0.354 e. The van der Waals surface area contributed by atoms with E-state index < -0.39 is 16.1 Å². The summed E-state index contributed by atoms with van der Waals surface area (Å²) in [4.78, 5) is 29.1. The number of benzene rings is 3. The fourth-order valence-electron chi connectivity index (χ4n) is 4.59. The first-order valence-corrected chi connectivity index (χ1v) is 16.5. The molecule has 1 N–H and O–H groups in total. The van der Waals surface area contributed by atoms with Crippen molar-refractivity contribution in [1.82, 2.24) is 10.2 Å². The number of para-hydroxylation sites is 1. The lowest BCUT2D eigenvalue weighted by Gasteiger charge is -2.32. The SMILES string of the molecule is Cc1ccccc1N(CCCC(=O)N(Cc1ccc(Br)cc1)[C@H](Cc1ccccc1)C(=O)NCC(C)C)S(C)(=O)=O. The molecule has 220 valence electrons. The number of sulfonamides is 1. The predicted molar refractivity (Wildman–Crippen MR) is 169 cm³/mol. The van der Waals surface area contributed by atoms with E-state index in [1.54, 1.807) is 17.0 Å². The van der Waals surface area contributed by atoms with Crippen LogP contribution in [0.15, 0.2) is 83.3 Å². The topological polar surface area (TPSA) is 86.8 Å². The first-order valence-electron chi connectivity index (χ1n) is 13.8. The molecule has 1 atom stereocenters. The molecule has 0 aromatic heterocycles. The van der Waals surface area contributed by atoms with E-state index in [4.69, 9.17) is 0 Å². The van der Waals surface area contributed by atoms with Crippen molar-refractivity contribution in [1.29, 1.82) is 0 Å². The molecule has 41 heavy (non-hydrogen) atoms. The van der Waals surface area contributed by atoms with Crippen LogP contribution in [0, 0.1) is 12.8 Å². The number of anilines is 1. The Bertz CT molecular complexity index is 1400. The predicted octanol–water partition coefficient (Wildman–Crippen LogP) is 5.72. The van der Waals surface area contributed by atoms with Crippen LogP contribution in [0.25, 0.3) is 0 Å². The summed E-state index contributed by atoms with van der Waals surface area (Å²) in [5.74, 6) is -0.146. The van der Waals surface area contributed by atoms with E-state index in [9.17, 15) is 18.0 Å². The summed E-state index contributed by atoms with van der Waals surface area (Å²) in [6.45, 7) is 6.84. The van der Waals surface area contributed by atoms with Crippen molar-refractivity contribution >= 4 is 43.5 Å². The lowest BCUT2D eigenvalue weighted by atomic mass is 10.0. The van der Waals surface area contributed by atoms with Gasteiger partial charge in [-0.05, 0) is 54.2 Å². The number of hydrogen-bond acceptors (Lipinski definition) is 4. The van der Waals surface area contributed by atoms with Gasteiger partial charge in [0.2, 0.25) is 21.8 Å². The van der Waals surface area contributed by atoms with E-state index >= 15 is 0 Å². The number of carbonyl (C=O) groups excluding carboxylic acids is 2. The monoisotopic (exact) mass is 641 g/mol. The van der Waals surface area contributed by atoms with Gasteiger partial charge in [-0.1, -0.05) is 90.4 Å². The molecule has 0 unspecified atom stereocenters. The number of nitrogens with zero attached hydrogens (tertiary/aromatic N) is 2. The van der Waals surface area contributed by atoms with Crippen molar-refractivity contribution < 1.29 is 18.0 Å². The van der Waals surface area contributed by atoms with Gasteiger partial charge < -0.3 is 10.2 Å². The molecule has 0 bridgehead atoms. The maximum Gasteiger partial charge on any atom is 0.243 e. The average molecular weight is 643 g/mol. The van der Waals surface area contributed by atoms with Gasteiger partial charge in [-0.15, -0.1) is 0 Å². The minimum absolute atomic E-state index is 0.0944. The Morgan fingerprint density at radius 3 is 2.15 bits per heavy atom. The molecule has 0 aliphatic heterocycles. The molecule has 0 aliphatic rings. The molecular weight excluding hydrogens is 602 g/mol. The van der Waals surface area contributed by atoms with Crippen LogP contribution in [0.4, 0.5) is 5.69 Å². The van der Waals surface area contributed by atoms with Gasteiger partial charge in [-0.2, -0.15) is 0 Å². The number of halogens is 1. The van der Waals surface area contributed by atoms with Crippen molar-refractivity contribution in [2.75, 3.05) is 23.7 Å². The molecule has 3 aromatic rings. The van der Waals surface area contributed by atoms with Gasteiger partial charge in [0.05, 0.1) is 11.9 Å². The van der Waals surface area contributed by atoms with Crippen molar-refractivity contribution in [3.05, 3.63) is 100 Å². The Morgan fingerprint density at radius 1 is 0.902 bits per heavy atom. The zero-order chi connectivity index (χ0) is 30.0. The van der Waals surface area contributed by atoms with Gasteiger partial charge in [0, 0.05) is 36.9 Å². The van der Waals surface area contributed by atoms with Gasteiger partial charge in [-0.25, -0.2) is 8.42 Å². The molecule has 7 nitrogen and oxygen atoms in total. The second-order valence-corrected chi connectivity index (χ2v) is 13.5. The molecule has 0 aliphatic carbocycles. The molecule has 9 heteroatoms. The van der Waals surface area contributed by atoms with E-state index in [2.05, 4.69) is 21.2 Å². The average Bonchev–Trinajstić information content (AvgIpc) is 2.93. The molecule has 0 radical (unpaired) electrons. The fourth-order valence-corrected chi connectivity index (χ4v) is 5.88. The van der Waals surface area contributed by atoms with Gasteiger partial charge in [0.25, 0.3) is 0 Å². The molecule has 0 saturated carbocycles. The zero-order valence-corrected chi connectivity index (χ0v) is 26.6. The molecule has 2 amide bonds. The quantitative estimate of drug-likeness (QED) is 0.244. The molecule has 3 aromatic carbocycles. The van der Waals surface area contributed by atoms with Gasteiger partial charge in [-0.3, -0.25) is 13.9 Å². The number of aryl methyl sites for hydroxylation is 1. The normalized spacial score (nSPS) is 12.1. The lowest BCUT2D eigenvalue weighted by molar-refractivity contribution is -0.141. The van der Waals surface area contributed by atoms with Gasteiger partial charge >= 0.3 is 0 Å². The van der Waals surface area contributed by atoms with Crippen LogP contribution >= 0.6 is 15.9 Å². The molecule has 0 heterocycles. The zero-order valence-electron chi connectivity index (χ0n) is 24.2. The van der Waals surface area contributed by atoms with Crippen molar-refractivity contribution in [2.45, 2.75) is 52.6 Å². The van der Waals surface area contributed by atoms with Crippen LogP contribution in [0.3, 0.4) is 0 Å². The third-order valence-corrected chi connectivity index (χ3v) is 8.47. The Hall–Kier alpha value is -3.17. The summed E-state index contributed by atoms with van der Waals surface area (Å²) >= 11 is 3.46. The maximum absolute atomic E-state index is 13.9. The summed E-state index contributed by atoms with van der Waals surface area (Å²) in [7, 11) is -3.56. The highest BCUT2D eigenvalue weighted by molar-refractivity contribution is 9.10. The highest BCUT2D eigenvalue weighted by atomic mass is 79.9. The molecular formula is C32H40BrN3O4S. The first-order chi connectivity index (χ1) is 19.5. The summed E-state index contributed by atoms with van der Waals surface area (Å²) in [6.07, 6.45) is 1.95. The van der Waals surface area contributed by atoms with Crippen LogP contribution in [-0.4, -0.2) is 50.5 Å². The van der Waals surface area contributed by atoms with Crippen molar-refractivity contribution in [3.8, 4) is 0 Å². The minimum atomic E-state index is -3.56. The Morgan fingerprint density at radius 2 is 1.54 bits per heavy atom. The Kier molecular flexibility index (Phi) is 12.0. The number of rotatable bonds is 14. The van der Waals surface area contributed by atoms with Crippen molar-refractivity contribution in [2.24, 2.45) is 5.92 Å². The summed E-state index contributed by atoms with van der Waals surface area (Å²) in [5, 5.41) is 3.03. The van der Waals surface area contributed by atoms with E-state index in [-0.39, 0.29) is 37.2 Å². The third-order valence-electron chi connectivity index (χ3n) is 6.76. The summed E-state index contributed by atoms with van der Waals surface area (Å²) in [6, 6.07) is 23.9. The fraction of sp³-hybridized carbons (Fsp3) is 0.375. The van der Waals surface area contributed by atoms with E-state index in [0.29, 0.717) is 25.1 Å². The van der Waals surface area contributed by atoms with Crippen molar-refractivity contribution in [3.63, 3.8) is 0 Å². The second-order valence-electron chi connectivity index (χ2n) is 10.7. The Balaban J connectivity index is 1.88. The van der Waals surface area contributed by atoms with E-state index in [0.717, 1.165) is 21.2 Å². The Labute approximate surface area is 253 Å². The molecule has 0 saturated heterocycles. The summed E-state index contributed by atoms with van der Waals surface area (Å²) < 4.78 is 27.6. The number of nitrogens with one attached hydrogen (secondary N) is 1. The van der Waals surface area contributed by atoms with Crippen LogP contribution in [0.2, 0.25) is 0 Å². The van der Waals surface area contributed by atoms with Gasteiger partial charge in [0.15, 0.2) is 0 Å². The number of amides is 2. The van der Waals surface area contributed by atoms with Crippen LogP contribution in [0.1, 0.15) is 43.4 Å². The van der Waals surface area contributed by atoms with Gasteiger partial charge in [0.1, 0.15) is 6.04 Å². The maximum atomic E-state index is 13.9. The number of carbonyl (C=O) groups is 2. The molecule has 3 rings (SSSR count). The highest BCUT2D eigenvalue weighted by Gasteiger charge is 2.30. The third kappa shape index (κ3) is 10.0.